The zero-order valence-electron chi connectivity index (χ0n) is 10.0. The maximum atomic E-state index is 11.5. The number of hydrogen-bond acceptors (Lipinski definition) is 3. The summed E-state index contributed by atoms with van der Waals surface area (Å²) in [6.07, 6.45) is 2.30. The van der Waals surface area contributed by atoms with Gasteiger partial charge < -0.3 is 4.74 Å². The second-order valence-electron chi connectivity index (χ2n) is 5.26. The van der Waals surface area contributed by atoms with Gasteiger partial charge in [-0.25, -0.2) is 0 Å². The van der Waals surface area contributed by atoms with E-state index in [2.05, 4.69) is 18.6 Å². The summed E-state index contributed by atoms with van der Waals surface area (Å²) in [6, 6.07) is 0. The van der Waals surface area contributed by atoms with Crippen molar-refractivity contribution in [3.05, 3.63) is 0 Å². The van der Waals surface area contributed by atoms with Crippen LogP contribution >= 0.6 is 0 Å². The van der Waals surface area contributed by atoms with Crippen LogP contribution < -0.4 is 0 Å². The first-order valence-corrected chi connectivity index (χ1v) is 5.61. The van der Waals surface area contributed by atoms with E-state index in [9.17, 15) is 9.59 Å². The average molecular weight is 212 g/mol. The molecule has 1 saturated heterocycles. The van der Waals surface area contributed by atoms with Gasteiger partial charge in [0.25, 0.3) is 0 Å². The summed E-state index contributed by atoms with van der Waals surface area (Å²) in [5.74, 6) is -0.391. The van der Waals surface area contributed by atoms with E-state index >= 15 is 0 Å². The van der Waals surface area contributed by atoms with Gasteiger partial charge in [-0.3, -0.25) is 9.59 Å². The van der Waals surface area contributed by atoms with Crippen molar-refractivity contribution >= 4 is 11.9 Å². The Morgan fingerprint density at radius 3 is 2.47 bits per heavy atom. The van der Waals surface area contributed by atoms with Crippen molar-refractivity contribution in [2.24, 2.45) is 17.3 Å². The van der Waals surface area contributed by atoms with E-state index in [1.54, 1.807) is 0 Å². The van der Waals surface area contributed by atoms with Gasteiger partial charge in [-0.2, -0.15) is 0 Å². The van der Waals surface area contributed by atoms with Gasteiger partial charge in [0.1, 0.15) is 0 Å². The maximum absolute atomic E-state index is 11.5. The first-order valence-electron chi connectivity index (χ1n) is 5.61. The van der Waals surface area contributed by atoms with E-state index in [-0.39, 0.29) is 29.7 Å². The first kappa shape index (κ1) is 12.2. The van der Waals surface area contributed by atoms with Crippen LogP contribution in [0.4, 0.5) is 0 Å². The molecule has 1 aliphatic heterocycles. The minimum Gasteiger partial charge on any atom is -0.393 e. The van der Waals surface area contributed by atoms with Crippen LogP contribution in [0.3, 0.4) is 0 Å². The molecule has 2 unspecified atom stereocenters. The summed E-state index contributed by atoms with van der Waals surface area (Å²) < 4.78 is 4.60. The molecular weight excluding hydrogens is 192 g/mol. The van der Waals surface area contributed by atoms with Crippen LogP contribution in [-0.4, -0.2) is 11.9 Å². The third kappa shape index (κ3) is 2.80. The SMILES string of the molecule is CCC(C)CC(C)(C)C1CC(=O)OC1=O. The summed E-state index contributed by atoms with van der Waals surface area (Å²) in [4.78, 5) is 22.5. The van der Waals surface area contributed by atoms with Crippen molar-refractivity contribution in [3.8, 4) is 0 Å². The molecule has 0 amide bonds. The Balaban J connectivity index is 2.68. The van der Waals surface area contributed by atoms with Gasteiger partial charge in [0.05, 0.1) is 12.3 Å². The fraction of sp³-hybridized carbons (Fsp3) is 0.833. The summed E-state index contributed by atoms with van der Waals surface area (Å²) in [5, 5.41) is 0. The van der Waals surface area contributed by atoms with Gasteiger partial charge in [0.15, 0.2) is 0 Å². The number of carbonyl (C=O) groups excluding carboxylic acids is 2. The van der Waals surface area contributed by atoms with Crippen LogP contribution in [0.15, 0.2) is 0 Å². The predicted molar refractivity (Wildman–Crippen MR) is 57.1 cm³/mol. The van der Waals surface area contributed by atoms with E-state index in [0.717, 1.165) is 12.8 Å². The molecule has 3 nitrogen and oxygen atoms in total. The standard InChI is InChI=1S/C12H20O3/c1-5-8(2)7-12(3,4)9-6-10(13)15-11(9)14/h8-9H,5-7H2,1-4H3. The van der Waals surface area contributed by atoms with Crippen LogP contribution in [0.2, 0.25) is 0 Å². The van der Waals surface area contributed by atoms with E-state index in [4.69, 9.17) is 0 Å². The lowest BCUT2D eigenvalue weighted by Crippen LogP contribution is -2.29. The van der Waals surface area contributed by atoms with Crippen LogP contribution in [-0.2, 0) is 14.3 Å². The third-order valence-electron chi connectivity index (χ3n) is 3.38. The molecular formula is C12H20O3. The molecule has 0 radical (unpaired) electrons. The minimum absolute atomic E-state index is 0.140. The smallest absolute Gasteiger partial charge is 0.317 e. The minimum atomic E-state index is -0.373. The van der Waals surface area contributed by atoms with Gasteiger partial charge in [-0.15, -0.1) is 0 Å². The normalized spacial score (nSPS) is 24.1. The zero-order valence-corrected chi connectivity index (χ0v) is 10.0. The van der Waals surface area contributed by atoms with E-state index in [1.807, 2.05) is 13.8 Å². The number of hydrogen-bond donors (Lipinski definition) is 0. The highest BCUT2D eigenvalue weighted by Gasteiger charge is 2.44. The van der Waals surface area contributed by atoms with E-state index in [1.165, 1.54) is 0 Å². The lowest BCUT2D eigenvalue weighted by molar-refractivity contribution is -0.154. The first-order chi connectivity index (χ1) is 6.86. The largest absolute Gasteiger partial charge is 0.393 e. The Bertz CT molecular complexity index is 268. The van der Waals surface area contributed by atoms with Gasteiger partial charge >= 0.3 is 11.9 Å². The topological polar surface area (TPSA) is 43.4 Å². The summed E-state index contributed by atoms with van der Waals surface area (Å²) in [7, 11) is 0. The Hall–Kier alpha value is -0.860. The predicted octanol–water partition coefficient (Wildman–Crippen LogP) is 2.54. The number of esters is 2. The number of ether oxygens (including phenoxy) is 1. The Kier molecular flexibility index (Phi) is 3.53. The quantitative estimate of drug-likeness (QED) is 0.531. The third-order valence-corrected chi connectivity index (χ3v) is 3.38. The highest BCUT2D eigenvalue weighted by atomic mass is 16.6. The number of cyclic esters (lactones) is 2. The fourth-order valence-electron chi connectivity index (χ4n) is 2.26. The molecule has 0 aromatic carbocycles. The molecule has 15 heavy (non-hydrogen) atoms. The lowest BCUT2D eigenvalue weighted by Gasteiger charge is -2.30. The number of rotatable bonds is 4. The average Bonchev–Trinajstić information content (AvgIpc) is 2.45. The monoisotopic (exact) mass is 212 g/mol. The highest BCUT2D eigenvalue weighted by Crippen LogP contribution is 2.40. The molecule has 1 heterocycles. The van der Waals surface area contributed by atoms with Crippen LogP contribution in [0, 0.1) is 17.3 Å². The molecule has 1 rings (SSSR count). The lowest BCUT2D eigenvalue weighted by atomic mass is 9.72. The van der Waals surface area contributed by atoms with E-state index in [0.29, 0.717) is 5.92 Å². The van der Waals surface area contributed by atoms with Gasteiger partial charge in [-0.05, 0) is 17.8 Å². The molecule has 0 saturated carbocycles. The van der Waals surface area contributed by atoms with Gasteiger partial charge in [0, 0.05) is 0 Å². The van der Waals surface area contributed by atoms with Crippen molar-refractivity contribution in [2.75, 3.05) is 0 Å². The molecule has 0 N–H and O–H groups in total. The Morgan fingerprint density at radius 2 is 2.07 bits per heavy atom. The van der Waals surface area contributed by atoms with Crippen molar-refractivity contribution in [3.63, 3.8) is 0 Å². The molecule has 0 bridgehead atoms. The van der Waals surface area contributed by atoms with Crippen molar-refractivity contribution in [2.45, 2.75) is 47.0 Å². The Morgan fingerprint density at radius 1 is 1.47 bits per heavy atom. The van der Waals surface area contributed by atoms with Gasteiger partial charge in [-0.1, -0.05) is 34.1 Å². The zero-order chi connectivity index (χ0) is 11.6. The molecule has 1 aliphatic rings. The molecule has 0 aromatic rings. The molecule has 86 valence electrons. The van der Waals surface area contributed by atoms with Crippen molar-refractivity contribution < 1.29 is 14.3 Å². The van der Waals surface area contributed by atoms with Crippen LogP contribution in [0.5, 0.6) is 0 Å². The van der Waals surface area contributed by atoms with Gasteiger partial charge in [0.2, 0.25) is 0 Å². The second kappa shape index (κ2) is 4.33. The molecule has 2 atom stereocenters. The van der Waals surface area contributed by atoms with Crippen LogP contribution in [0.25, 0.3) is 0 Å². The van der Waals surface area contributed by atoms with Crippen molar-refractivity contribution in [1.82, 2.24) is 0 Å². The molecule has 1 fully saturated rings. The summed E-state index contributed by atoms with van der Waals surface area (Å²) in [6.45, 7) is 8.40. The maximum Gasteiger partial charge on any atom is 0.317 e. The Labute approximate surface area is 91.2 Å². The fourth-order valence-corrected chi connectivity index (χ4v) is 2.26. The van der Waals surface area contributed by atoms with E-state index < -0.39 is 0 Å². The molecule has 3 heteroatoms. The second-order valence-corrected chi connectivity index (χ2v) is 5.26. The molecule has 0 spiro atoms. The van der Waals surface area contributed by atoms with Crippen LogP contribution in [0.1, 0.15) is 47.0 Å². The number of carbonyl (C=O) groups is 2. The summed E-state index contributed by atoms with van der Waals surface area (Å²) in [5.41, 5.74) is -0.140. The highest BCUT2D eigenvalue weighted by molar-refractivity contribution is 5.95. The summed E-state index contributed by atoms with van der Waals surface area (Å²) >= 11 is 0. The molecule has 0 aliphatic carbocycles. The van der Waals surface area contributed by atoms with Crippen molar-refractivity contribution in [1.29, 1.82) is 0 Å². The molecule has 0 aromatic heterocycles.